The first-order valence-electron chi connectivity index (χ1n) is 7.23. The highest BCUT2D eigenvalue weighted by molar-refractivity contribution is 7.98. The second-order valence-electron chi connectivity index (χ2n) is 6.26. The van der Waals surface area contributed by atoms with Crippen LogP contribution in [0.3, 0.4) is 0 Å². The van der Waals surface area contributed by atoms with Crippen molar-refractivity contribution in [2.75, 3.05) is 7.05 Å². The van der Waals surface area contributed by atoms with Crippen molar-refractivity contribution in [2.24, 2.45) is 0 Å². The molecule has 2 aromatic rings. The van der Waals surface area contributed by atoms with Gasteiger partial charge in [0.1, 0.15) is 5.01 Å². The van der Waals surface area contributed by atoms with Crippen molar-refractivity contribution in [3.05, 3.63) is 45.4 Å². The molecule has 0 bridgehead atoms. The minimum absolute atomic E-state index is 0.107. The molecule has 0 saturated carbocycles. The molecule has 0 saturated heterocycles. The molecule has 0 fully saturated rings. The smallest absolute Gasteiger partial charge is 0.103 e. The van der Waals surface area contributed by atoms with Crippen molar-refractivity contribution >= 4 is 23.1 Å². The van der Waals surface area contributed by atoms with Gasteiger partial charge in [-0.2, -0.15) is 0 Å². The fourth-order valence-corrected chi connectivity index (χ4v) is 4.29. The first kappa shape index (κ1) is 16.5. The molecule has 21 heavy (non-hydrogen) atoms. The number of aryl methyl sites for hydroxylation is 1. The molecule has 4 heteroatoms. The van der Waals surface area contributed by atoms with Crippen LogP contribution in [0.5, 0.6) is 0 Å². The quantitative estimate of drug-likeness (QED) is 0.804. The lowest BCUT2D eigenvalue weighted by atomic mass is 9.91. The van der Waals surface area contributed by atoms with E-state index in [-0.39, 0.29) is 5.41 Å². The van der Waals surface area contributed by atoms with E-state index >= 15 is 0 Å². The van der Waals surface area contributed by atoms with Crippen LogP contribution < -0.4 is 5.32 Å². The minimum atomic E-state index is 0.107. The van der Waals surface area contributed by atoms with Crippen LogP contribution in [0.4, 0.5) is 0 Å². The van der Waals surface area contributed by atoms with Crippen molar-refractivity contribution in [1.29, 1.82) is 0 Å². The first-order chi connectivity index (χ1) is 9.90. The molecule has 0 unspecified atom stereocenters. The Morgan fingerprint density at radius 1 is 1.19 bits per heavy atom. The van der Waals surface area contributed by atoms with Crippen LogP contribution in [0.1, 0.15) is 41.9 Å². The van der Waals surface area contributed by atoms with E-state index < -0.39 is 0 Å². The Bertz CT molecular complexity index is 580. The van der Waals surface area contributed by atoms with Crippen LogP contribution in [-0.4, -0.2) is 12.0 Å². The number of nitrogens with zero attached hydrogens (tertiary/aromatic N) is 1. The molecule has 1 aromatic heterocycles. The number of hydrogen-bond donors (Lipinski definition) is 1. The number of thiazole rings is 1. The maximum absolute atomic E-state index is 4.89. The molecule has 0 aliphatic heterocycles. The van der Waals surface area contributed by atoms with Crippen LogP contribution in [-0.2, 0) is 17.7 Å². The summed E-state index contributed by atoms with van der Waals surface area (Å²) in [4.78, 5) is 7.56. The van der Waals surface area contributed by atoms with E-state index in [0.29, 0.717) is 0 Å². The summed E-state index contributed by atoms with van der Waals surface area (Å²) in [5, 5.41) is 4.47. The van der Waals surface area contributed by atoms with Gasteiger partial charge in [-0.05, 0) is 26.1 Å². The summed E-state index contributed by atoms with van der Waals surface area (Å²) < 4.78 is 0. The average molecular weight is 321 g/mol. The second kappa shape index (κ2) is 6.95. The van der Waals surface area contributed by atoms with Gasteiger partial charge in [-0.25, -0.2) is 4.98 Å². The minimum Gasteiger partial charge on any atom is -0.315 e. The zero-order chi connectivity index (χ0) is 15.5. The topological polar surface area (TPSA) is 24.9 Å². The molecule has 1 aromatic carbocycles. The van der Waals surface area contributed by atoms with Crippen molar-refractivity contribution in [3.63, 3.8) is 0 Å². The lowest BCUT2D eigenvalue weighted by Gasteiger charge is -2.17. The molecular formula is C17H24N2S2. The molecule has 0 amide bonds. The van der Waals surface area contributed by atoms with E-state index in [1.54, 1.807) is 0 Å². The van der Waals surface area contributed by atoms with Gasteiger partial charge in [0.25, 0.3) is 0 Å². The molecule has 0 aliphatic carbocycles. The van der Waals surface area contributed by atoms with Gasteiger partial charge in [0.05, 0.1) is 11.4 Å². The lowest BCUT2D eigenvalue weighted by molar-refractivity contribution is 0.562. The molecule has 2 rings (SSSR count). The fourth-order valence-electron chi connectivity index (χ4n) is 2.11. The predicted octanol–water partition coefficient (Wildman–Crippen LogP) is 4.76. The summed E-state index contributed by atoms with van der Waals surface area (Å²) in [7, 11) is 1.99. The highest BCUT2D eigenvalue weighted by Crippen LogP contribution is 2.32. The number of thioether (sulfide) groups is 1. The zero-order valence-electron chi connectivity index (χ0n) is 13.5. The fraction of sp³-hybridized carbons (Fsp3) is 0.471. The molecular weight excluding hydrogens is 296 g/mol. The number of benzene rings is 1. The second-order valence-corrected chi connectivity index (χ2v) is 8.48. The Morgan fingerprint density at radius 2 is 1.86 bits per heavy atom. The monoisotopic (exact) mass is 320 g/mol. The Kier molecular flexibility index (Phi) is 5.47. The summed E-state index contributed by atoms with van der Waals surface area (Å²) in [6.07, 6.45) is 0. The molecule has 1 N–H and O–H groups in total. The maximum atomic E-state index is 4.89. The van der Waals surface area contributed by atoms with Gasteiger partial charge in [0.2, 0.25) is 0 Å². The lowest BCUT2D eigenvalue weighted by Crippen LogP contribution is -2.16. The SMILES string of the molecule is CNCc1sc(CSc2ccc(C)cc2)nc1C(C)(C)C. The Hall–Kier alpha value is -0.840. The van der Waals surface area contributed by atoms with E-state index in [1.807, 2.05) is 30.1 Å². The van der Waals surface area contributed by atoms with Crippen LogP contribution in [0.2, 0.25) is 0 Å². The van der Waals surface area contributed by atoms with Crippen LogP contribution in [0, 0.1) is 6.92 Å². The summed E-state index contributed by atoms with van der Waals surface area (Å²) in [6, 6.07) is 8.70. The van der Waals surface area contributed by atoms with Crippen LogP contribution in [0.25, 0.3) is 0 Å². The van der Waals surface area contributed by atoms with Gasteiger partial charge < -0.3 is 5.32 Å². The molecule has 0 spiro atoms. The van der Waals surface area contributed by atoms with E-state index in [4.69, 9.17) is 4.98 Å². The van der Waals surface area contributed by atoms with Crippen molar-refractivity contribution in [1.82, 2.24) is 10.3 Å². The number of rotatable bonds is 5. The van der Waals surface area contributed by atoms with E-state index in [2.05, 4.69) is 57.3 Å². The Labute approximate surface area is 136 Å². The van der Waals surface area contributed by atoms with E-state index in [1.165, 1.54) is 26.0 Å². The largest absolute Gasteiger partial charge is 0.315 e. The summed E-state index contributed by atoms with van der Waals surface area (Å²) in [5.74, 6) is 0.945. The standard InChI is InChI=1S/C17H24N2S2/c1-12-6-8-13(9-7-12)20-11-15-19-16(17(2,3)4)14(21-15)10-18-5/h6-9,18H,10-11H2,1-5H3. The summed E-state index contributed by atoms with van der Waals surface area (Å²) in [5.41, 5.74) is 2.65. The van der Waals surface area contributed by atoms with E-state index in [9.17, 15) is 0 Å². The zero-order valence-corrected chi connectivity index (χ0v) is 15.1. The van der Waals surface area contributed by atoms with Crippen molar-refractivity contribution in [3.8, 4) is 0 Å². The van der Waals surface area contributed by atoms with Gasteiger partial charge in [-0.1, -0.05) is 38.5 Å². The van der Waals surface area contributed by atoms with Crippen LogP contribution in [0.15, 0.2) is 29.2 Å². The molecule has 0 aliphatic rings. The van der Waals surface area contributed by atoms with Gasteiger partial charge in [-0.15, -0.1) is 23.1 Å². The van der Waals surface area contributed by atoms with Gasteiger partial charge in [0.15, 0.2) is 0 Å². The van der Waals surface area contributed by atoms with Crippen molar-refractivity contribution < 1.29 is 0 Å². The Morgan fingerprint density at radius 3 is 2.43 bits per heavy atom. The predicted molar refractivity (Wildman–Crippen MR) is 94.3 cm³/mol. The number of aromatic nitrogens is 1. The number of hydrogen-bond acceptors (Lipinski definition) is 4. The Balaban J connectivity index is 2.11. The molecule has 2 nitrogen and oxygen atoms in total. The molecule has 0 atom stereocenters. The third kappa shape index (κ3) is 4.56. The highest BCUT2D eigenvalue weighted by atomic mass is 32.2. The summed E-state index contributed by atoms with van der Waals surface area (Å²) >= 11 is 3.70. The van der Waals surface area contributed by atoms with E-state index in [0.717, 1.165) is 12.3 Å². The third-order valence-electron chi connectivity index (χ3n) is 3.17. The number of nitrogens with one attached hydrogen (secondary N) is 1. The first-order valence-corrected chi connectivity index (χ1v) is 9.03. The molecule has 0 radical (unpaired) electrons. The average Bonchev–Trinajstić information content (AvgIpc) is 2.82. The highest BCUT2D eigenvalue weighted by Gasteiger charge is 2.22. The normalized spacial score (nSPS) is 11.9. The maximum Gasteiger partial charge on any atom is 0.103 e. The van der Waals surface area contributed by atoms with Gasteiger partial charge >= 0.3 is 0 Å². The van der Waals surface area contributed by atoms with Gasteiger partial charge in [0, 0.05) is 21.7 Å². The van der Waals surface area contributed by atoms with Crippen LogP contribution >= 0.6 is 23.1 Å². The third-order valence-corrected chi connectivity index (χ3v) is 5.43. The summed E-state index contributed by atoms with van der Waals surface area (Å²) in [6.45, 7) is 9.72. The molecule has 114 valence electrons. The molecule has 1 heterocycles. The van der Waals surface area contributed by atoms with Gasteiger partial charge in [-0.3, -0.25) is 0 Å². The van der Waals surface area contributed by atoms with Crippen molar-refractivity contribution in [2.45, 2.75) is 50.3 Å².